The second kappa shape index (κ2) is 10.7. The van der Waals surface area contributed by atoms with Crippen LogP contribution in [-0.2, 0) is 26.0 Å². The molecule has 0 spiro atoms. The number of hydrogen-bond acceptors (Lipinski definition) is 6. The molecule has 0 aliphatic carbocycles. The van der Waals surface area contributed by atoms with Crippen molar-refractivity contribution in [1.29, 1.82) is 0 Å². The SMILES string of the molecule is CCc1ccc2nc(N(CC3CCCO3)C(=O)C3CCN(S(=O)(=O)c4ccc(F)cc4F)CC3)sc2c1. The Hall–Kier alpha value is -2.47. The largest absolute Gasteiger partial charge is 0.376 e. The molecule has 3 aromatic rings. The Morgan fingerprint density at radius 2 is 1.95 bits per heavy atom. The summed E-state index contributed by atoms with van der Waals surface area (Å²) in [5.41, 5.74) is 2.04. The van der Waals surface area contributed by atoms with Gasteiger partial charge in [-0.1, -0.05) is 24.3 Å². The molecule has 0 N–H and O–H groups in total. The molecule has 1 unspecified atom stereocenters. The van der Waals surface area contributed by atoms with E-state index in [1.165, 1.54) is 21.2 Å². The predicted molar refractivity (Wildman–Crippen MR) is 138 cm³/mol. The van der Waals surface area contributed by atoms with Gasteiger partial charge >= 0.3 is 0 Å². The van der Waals surface area contributed by atoms with Gasteiger partial charge in [-0.3, -0.25) is 9.69 Å². The number of carbonyl (C=O) groups excluding carboxylic acids is 1. The molecule has 2 fully saturated rings. The number of aryl methyl sites for hydroxylation is 1. The van der Waals surface area contributed by atoms with Crippen LogP contribution in [0.1, 0.15) is 38.2 Å². The number of nitrogens with zero attached hydrogens (tertiary/aromatic N) is 3. The van der Waals surface area contributed by atoms with Crippen LogP contribution in [-0.4, -0.2) is 56.0 Å². The summed E-state index contributed by atoms with van der Waals surface area (Å²) in [5.74, 6) is -2.46. The lowest BCUT2D eigenvalue weighted by Crippen LogP contribution is -2.46. The Kier molecular flexibility index (Phi) is 7.58. The number of sulfonamides is 1. The lowest BCUT2D eigenvalue weighted by Gasteiger charge is -2.33. The van der Waals surface area contributed by atoms with Gasteiger partial charge in [-0.2, -0.15) is 4.31 Å². The molecule has 2 aliphatic heterocycles. The molecule has 3 heterocycles. The van der Waals surface area contributed by atoms with Crippen LogP contribution in [0.5, 0.6) is 0 Å². The van der Waals surface area contributed by atoms with E-state index in [1.807, 2.05) is 12.1 Å². The number of rotatable bonds is 7. The first kappa shape index (κ1) is 26.1. The van der Waals surface area contributed by atoms with Gasteiger partial charge in [0.2, 0.25) is 15.9 Å². The molecule has 2 aliphatic rings. The highest BCUT2D eigenvalue weighted by Crippen LogP contribution is 2.34. The van der Waals surface area contributed by atoms with Gasteiger partial charge in [-0.05, 0) is 61.9 Å². The fraction of sp³-hybridized carbons (Fsp3) is 0.462. The molecule has 1 atom stereocenters. The van der Waals surface area contributed by atoms with Crippen molar-refractivity contribution in [2.24, 2.45) is 5.92 Å². The summed E-state index contributed by atoms with van der Waals surface area (Å²) in [6, 6.07) is 8.55. The Balaban J connectivity index is 1.34. The molecule has 5 rings (SSSR count). The zero-order valence-electron chi connectivity index (χ0n) is 20.5. The van der Waals surface area contributed by atoms with Gasteiger partial charge in [0.1, 0.15) is 16.5 Å². The van der Waals surface area contributed by atoms with Crippen LogP contribution < -0.4 is 4.90 Å². The van der Waals surface area contributed by atoms with Crippen molar-refractivity contribution < 1.29 is 26.7 Å². The third kappa shape index (κ3) is 5.41. The van der Waals surface area contributed by atoms with E-state index in [9.17, 15) is 22.0 Å². The molecule has 7 nitrogen and oxygen atoms in total. The number of piperidine rings is 1. The Labute approximate surface area is 219 Å². The van der Waals surface area contributed by atoms with E-state index < -0.39 is 32.5 Å². The first-order chi connectivity index (χ1) is 17.8. The number of amides is 1. The zero-order valence-corrected chi connectivity index (χ0v) is 22.2. The average Bonchev–Trinajstić information content (AvgIpc) is 3.56. The topological polar surface area (TPSA) is 79.8 Å². The molecule has 0 bridgehead atoms. The van der Waals surface area contributed by atoms with E-state index in [4.69, 9.17) is 9.72 Å². The van der Waals surface area contributed by atoms with Crippen LogP contribution in [0, 0.1) is 17.6 Å². The minimum atomic E-state index is -4.14. The van der Waals surface area contributed by atoms with Gasteiger partial charge in [0.15, 0.2) is 5.13 Å². The highest BCUT2D eigenvalue weighted by Gasteiger charge is 2.37. The molecule has 11 heteroatoms. The second-order valence-corrected chi connectivity index (χ2v) is 12.4. The van der Waals surface area contributed by atoms with Crippen molar-refractivity contribution in [3.8, 4) is 0 Å². The van der Waals surface area contributed by atoms with Crippen LogP contribution >= 0.6 is 11.3 Å². The maximum absolute atomic E-state index is 14.2. The molecule has 1 amide bonds. The van der Waals surface area contributed by atoms with Crippen molar-refractivity contribution >= 4 is 42.6 Å². The highest BCUT2D eigenvalue weighted by molar-refractivity contribution is 7.89. The first-order valence-electron chi connectivity index (χ1n) is 12.5. The van der Waals surface area contributed by atoms with Gasteiger partial charge in [-0.15, -0.1) is 0 Å². The minimum Gasteiger partial charge on any atom is -0.376 e. The second-order valence-electron chi connectivity index (χ2n) is 9.49. The van der Waals surface area contributed by atoms with E-state index >= 15 is 0 Å². The minimum absolute atomic E-state index is 0.0657. The number of halogens is 2. The molecule has 198 valence electrons. The molecule has 2 aromatic carbocycles. The lowest BCUT2D eigenvalue weighted by atomic mass is 9.96. The molecule has 0 saturated carbocycles. The molecular weight excluding hydrogens is 520 g/mol. The van der Waals surface area contributed by atoms with Crippen LogP contribution in [0.2, 0.25) is 0 Å². The van der Waals surface area contributed by atoms with E-state index in [0.29, 0.717) is 37.2 Å². The van der Waals surface area contributed by atoms with Gasteiger partial charge < -0.3 is 4.74 Å². The van der Waals surface area contributed by atoms with E-state index in [0.717, 1.165) is 41.6 Å². The number of fused-ring (bicyclic) bond motifs is 1. The third-order valence-electron chi connectivity index (χ3n) is 7.07. The van der Waals surface area contributed by atoms with Crippen molar-refractivity contribution in [3.05, 3.63) is 53.6 Å². The van der Waals surface area contributed by atoms with Gasteiger partial charge in [0, 0.05) is 31.7 Å². The summed E-state index contributed by atoms with van der Waals surface area (Å²) >= 11 is 1.48. The summed E-state index contributed by atoms with van der Waals surface area (Å²) in [6.07, 6.45) is 3.26. The van der Waals surface area contributed by atoms with Gasteiger partial charge in [0.05, 0.1) is 22.9 Å². The quantitative estimate of drug-likeness (QED) is 0.425. The zero-order chi connectivity index (χ0) is 26.2. The third-order valence-corrected chi connectivity index (χ3v) is 10.0. The Bertz CT molecular complexity index is 1400. The summed E-state index contributed by atoms with van der Waals surface area (Å²) in [7, 11) is -4.14. The first-order valence-corrected chi connectivity index (χ1v) is 14.8. The summed E-state index contributed by atoms with van der Waals surface area (Å²) in [4.78, 5) is 19.7. The van der Waals surface area contributed by atoms with Crippen LogP contribution in [0.25, 0.3) is 10.2 Å². The number of hydrogen-bond donors (Lipinski definition) is 0. The van der Waals surface area contributed by atoms with E-state index in [-0.39, 0.29) is 25.1 Å². The van der Waals surface area contributed by atoms with Crippen molar-refractivity contribution in [2.45, 2.75) is 50.0 Å². The van der Waals surface area contributed by atoms with E-state index in [2.05, 4.69) is 13.0 Å². The molecule has 1 aromatic heterocycles. The summed E-state index contributed by atoms with van der Waals surface area (Å²) in [5, 5.41) is 0.618. The summed E-state index contributed by atoms with van der Waals surface area (Å²) < 4.78 is 61.4. The fourth-order valence-electron chi connectivity index (χ4n) is 4.93. The van der Waals surface area contributed by atoms with Crippen LogP contribution in [0.4, 0.5) is 13.9 Å². The smallest absolute Gasteiger partial charge is 0.245 e. The molecule has 37 heavy (non-hydrogen) atoms. The Morgan fingerprint density at radius 1 is 1.16 bits per heavy atom. The predicted octanol–water partition coefficient (Wildman–Crippen LogP) is 4.75. The lowest BCUT2D eigenvalue weighted by molar-refractivity contribution is -0.123. The van der Waals surface area contributed by atoms with E-state index in [1.54, 1.807) is 4.90 Å². The maximum atomic E-state index is 14.2. The average molecular weight is 550 g/mol. The number of ether oxygens (including phenoxy) is 1. The monoisotopic (exact) mass is 549 g/mol. The molecular formula is C26H29F2N3O4S2. The van der Waals surface area contributed by atoms with Crippen molar-refractivity contribution in [3.63, 3.8) is 0 Å². The standard InChI is InChI=1S/C26H29F2N3O4S2/c1-2-17-5-7-22-23(14-17)36-26(29-22)31(16-20-4-3-13-35-20)25(32)18-9-11-30(12-10-18)37(33,34)24-8-6-19(27)15-21(24)28/h5-8,14-15,18,20H,2-4,9-13,16H2,1H3. The maximum Gasteiger partial charge on any atom is 0.245 e. The number of benzene rings is 2. The number of anilines is 1. The van der Waals surface area contributed by atoms with Gasteiger partial charge in [0.25, 0.3) is 0 Å². The highest BCUT2D eigenvalue weighted by atomic mass is 32.2. The number of carbonyl (C=O) groups is 1. The van der Waals surface area contributed by atoms with Gasteiger partial charge in [-0.25, -0.2) is 22.2 Å². The normalized spacial score (nSPS) is 19.5. The number of thiazole rings is 1. The van der Waals surface area contributed by atoms with Crippen molar-refractivity contribution in [2.75, 3.05) is 31.1 Å². The van der Waals surface area contributed by atoms with Crippen LogP contribution in [0.3, 0.4) is 0 Å². The molecule has 2 saturated heterocycles. The van der Waals surface area contributed by atoms with Crippen LogP contribution in [0.15, 0.2) is 41.3 Å². The summed E-state index contributed by atoms with van der Waals surface area (Å²) in [6.45, 7) is 3.31. The molecule has 0 radical (unpaired) electrons. The fourth-order valence-corrected chi connectivity index (χ4v) is 7.49. The number of aromatic nitrogens is 1. The van der Waals surface area contributed by atoms with Crippen molar-refractivity contribution in [1.82, 2.24) is 9.29 Å². The Morgan fingerprint density at radius 3 is 2.62 bits per heavy atom.